The number of aromatic nitrogens is 3. The van der Waals surface area contributed by atoms with E-state index in [9.17, 15) is 13.2 Å². The lowest BCUT2D eigenvalue weighted by molar-refractivity contribution is 0.0920. The molecular weight excluding hydrogens is 593 g/mol. The molecule has 1 amide bonds. The number of aromatic amines is 1. The van der Waals surface area contributed by atoms with Crippen LogP contribution in [0.3, 0.4) is 0 Å². The fraction of sp³-hybridized carbons (Fsp3) is 0.226. The Morgan fingerprint density at radius 3 is 2.38 bits per heavy atom. The molecule has 42 heavy (non-hydrogen) atoms. The smallest absolute Gasteiger partial charge is 0.268 e. The lowest BCUT2D eigenvalue weighted by atomic mass is 10.0. The number of nitrogens with one attached hydrogen (secondary N) is 2. The van der Waals surface area contributed by atoms with Crippen LogP contribution >= 0.6 is 23.2 Å². The van der Waals surface area contributed by atoms with E-state index in [-0.39, 0.29) is 11.9 Å². The van der Waals surface area contributed by atoms with E-state index in [1.807, 2.05) is 77.4 Å². The molecular formula is C31H29Cl2N5O3S. The van der Waals surface area contributed by atoms with Crippen molar-refractivity contribution < 1.29 is 13.2 Å². The number of rotatable bonds is 7. The predicted molar refractivity (Wildman–Crippen MR) is 167 cm³/mol. The molecule has 1 fully saturated rings. The maximum atomic E-state index is 14.0. The van der Waals surface area contributed by atoms with Crippen LogP contribution in [-0.2, 0) is 16.6 Å². The molecule has 6 rings (SSSR count). The Kier molecular flexibility index (Phi) is 7.85. The van der Waals surface area contributed by atoms with Crippen molar-refractivity contribution in [3.8, 4) is 22.5 Å². The molecule has 0 bridgehead atoms. The van der Waals surface area contributed by atoms with E-state index in [0.717, 1.165) is 39.0 Å². The molecule has 8 nitrogen and oxygen atoms in total. The van der Waals surface area contributed by atoms with Gasteiger partial charge in [0.25, 0.3) is 5.91 Å². The summed E-state index contributed by atoms with van der Waals surface area (Å²) in [6.07, 6.45) is 4.07. The van der Waals surface area contributed by atoms with Gasteiger partial charge in [-0.05, 0) is 42.7 Å². The molecule has 1 aliphatic rings. The molecule has 1 aliphatic heterocycles. The van der Waals surface area contributed by atoms with Crippen molar-refractivity contribution >= 4 is 50.0 Å². The number of fused-ring (bicyclic) bond motifs is 1. The predicted octanol–water partition coefficient (Wildman–Crippen LogP) is 6.21. The van der Waals surface area contributed by atoms with Crippen molar-refractivity contribution in [1.29, 1.82) is 0 Å². The maximum absolute atomic E-state index is 14.0. The van der Waals surface area contributed by atoms with Crippen LogP contribution in [0, 0.1) is 0 Å². The van der Waals surface area contributed by atoms with E-state index in [0.29, 0.717) is 48.2 Å². The zero-order valence-corrected chi connectivity index (χ0v) is 25.2. The minimum absolute atomic E-state index is 0.161. The van der Waals surface area contributed by atoms with E-state index in [1.165, 1.54) is 10.6 Å². The monoisotopic (exact) mass is 621 g/mol. The van der Waals surface area contributed by atoms with Crippen LogP contribution in [0.1, 0.15) is 28.9 Å². The number of imidazole rings is 1. The van der Waals surface area contributed by atoms with Gasteiger partial charge in [0.1, 0.15) is 5.69 Å². The molecule has 0 atom stereocenters. The molecule has 0 saturated carbocycles. The number of piperidine rings is 1. The summed E-state index contributed by atoms with van der Waals surface area (Å²) >= 11 is 12.5. The summed E-state index contributed by atoms with van der Waals surface area (Å²) in [6.45, 7) is 1.24. The zero-order chi connectivity index (χ0) is 29.4. The van der Waals surface area contributed by atoms with Crippen LogP contribution in [0.25, 0.3) is 33.4 Å². The molecule has 2 aromatic heterocycles. The molecule has 0 aliphatic carbocycles. The summed E-state index contributed by atoms with van der Waals surface area (Å²) in [5.74, 6) is -0.270. The number of carbonyl (C=O) groups excluding carboxylic acids is 1. The minimum atomic E-state index is -3.27. The van der Waals surface area contributed by atoms with Gasteiger partial charge in [0, 0.05) is 57.8 Å². The molecule has 11 heteroatoms. The van der Waals surface area contributed by atoms with Crippen molar-refractivity contribution in [2.75, 3.05) is 19.3 Å². The number of amides is 1. The Bertz CT molecular complexity index is 1860. The second-order valence-corrected chi connectivity index (χ2v) is 13.4. The first-order valence-corrected chi connectivity index (χ1v) is 16.2. The molecule has 216 valence electrons. The highest BCUT2D eigenvalue weighted by Gasteiger charge is 2.29. The van der Waals surface area contributed by atoms with Crippen molar-refractivity contribution in [1.82, 2.24) is 24.2 Å². The van der Waals surface area contributed by atoms with Crippen molar-refractivity contribution in [3.05, 3.63) is 100 Å². The lowest BCUT2D eigenvalue weighted by Gasteiger charge is -2.30. The van der Waals surface area contributed by atoms with Crippen LogP contribution < -0.4 is 5.32 Å². The third-order valence-corrected chi connectivity index (χ3v) is 9.42. The average molecular weight is 623 g/mol. The summed E-state index contributed by atoms with van der Waals surface area (Å²) < 4.78 is 27.4. The number of hydrogen-bond donors (Lipinski definition) is 2. The first kappa shape index (κ1) is 28.5. The Morgan fingerprint density at radius 2 is 1.69 bits per heavy atom. The second-order valence-electron chi connectivity index (χ2n) is 10.5. The van der Waals surface area contributed by atoms with E-state index in [4.69, 9.17) is 28.2 Å². The van der Waals surface area contributed by atoms with Gasteiger partial charge >= 0.3 is 0 Å². The standard InChI is InChI=1S/C31H29Cl2N5O3S/c1-42(40,41)38-15-13-24(14-16-38)35-31(39)29-27(25-12-11-23(33)17-26(25)36-29)30-28(21-5-3-2-4-6-21)34-19-37(30)18-20-7-9-22(32)10-8-20/h2-12,17,19,24,36H,13-16,18H2,1H3,(H,35,39). The van der Waals surface area contributed by atoms with Crippen LogP contribution in [0.2, 0.25) is 10.0 Å². The number of halogens is 2. The van der Waals surface area contributed by atoms with Gasteiger partial charge in [0.2, 0.25) is 10.0 Å². The zero-order valence-electron chi connectivity index (χ0n) is 22.8. The number of sulfonamides is 1. The van der Waals surface area contributed by atoms with Gasteiger partial charge in [-0.15, -0.1) is 0 Å². The Morgan fingerprint density at radius 1 is 1.00 bits per heavy atom. The van der Waals surface area contributed by atoms with Gasteiger partial charge in [0.05, 0.1) is 24.0 Å². The molecule has 0 spiro atoms. The van der Waals surface area contributed by atoms with Gasteiger partial charge in [-0.3, -0.25) is 4.79 Å². The van der Waals surface area contributed by atoms with E-state index < -0.39 is 10.0 Å². The highest BCUT2D eigenvalue weighted by atomic mass is 35.5. The van der Waals surface area contributed by atoms with Crippen LogP contribution in [0.4, 0.5) is 0 Å². The maximum Gasteiger partial charge on any atom is 0.268 e. The normalized spacial score (nSPS) is 14.8. The third-order valence-electron chi connectivity index (χ3n) is 7.63. The third kappa shape index (κ3) is 5.83. The second kappa shape index (κ2) is 11.6. The molecule has 0 radical (unpaired) electrons. The summed E-state index contributed by atoms with van der Waals surface area (Å²) in [6, 6.07) is 22.9. The first-order chi connectivity index (χ1) is 20.2. The van der Waals surface area contributed by atoms with Crippen molar-refractivity contribution in [2.45, 2.75) is 25.4 Å². The molecule has 3 aromatic carbocycles. The van der Waals surface area contributed by atoms with Crippen LogP contribution in [0.15, 0.2) is 79.1 Å². The largest absolute Gasteiger partial charge is 0.350 e. The van der Waals surface area contributed by atoms with Crippen LogP contribution in [0.5, 0.6) is 0 Å². The Labute approximate surface area is 254 Å². The van der Waals surface area contributed by atoms with Gasteiger partial charge < -0.3 is 14.9 Å². The Hall–Kier alpha value is -3.63. The number of carbonyl (C=O) groups is 1. The van der Waals surface area contributed by atoms with Gasteiger partial charge in [-0.2, -0.15) is 0 Å². The van der Waals surface area contributed by atoms with Crippen molar-refractivity contribution in [2.24, 2.45) is 0 Å². The molecule has 3 heterocycles. The highest BCUT2D eigenvalue weighted by Crippen LogP contribution is 2.39. The van der Waals surface area contributed by atoms with Crippen molar-refractivity contribution in [3.63, 3.8) is 0 Å². The number of hydrogen-bond acceptors (Lipinski definition) is 4. The number of nitrogens with zero attached hydrogens (tertiary/aromatic N) is 3. The van der Waals surface area contributed by atoms with Gasteiger partial charge in [-0.1, -0.05) is 71.7 Å². The molecule has 5 aromatic rings. The highest BCUT2D eigenvalue weighted by molar-refractivity contribution is 7.88. The van der Waals surface area contributed by atoms with Crippen LogP contribution in [-0.4, -0.2) is 58.6 Å². The molecule has 2 N–H and O–H groups in total. The fourth-order valence-electron chi connectivity index (χ4n) is 5.53. The lowest BCUT2D eigenvalue weighted by Crippen LogP contribution is -2.46. The molecule has 1 saturated heterocycles. The number of benzene rings is 3. The molecule has 0 unspecified atom stereocenters. The minimum Gasteiger partial charge on any atom is -0.350 e. The summed E-state index contributed by atoms with van der Waals surface area (Å²) in [7, 11) is -3.27. The topological polar surface area (TPSA) is 100 Å². The summed E-state index contributed by atoms with van der Waals surface area (Å²) in [4.78, 5) is 22.1. The summed E-state index contributed by atoms with van der Waals surface area (Å²) in [5, 5.41) is 5.20. The van der Waals surface area contributed by atoms with Gasteiger partial charge in [-0.25, -0.2) is 17.7 Å². The Balaban J connectivity index is 1.45. The quantitative estimate of drug-likeness (QED) is 0.226. The number of H-pyrrole nitrogens is 1. The fourth-order valence-corrected chi connectivity index (χ4v) is 6.71. The van der Waals surface area contributed by atoms with E-state index >= 15 is 0 Å². The van der Waals surface area contributed by atoms with Gasteiger partial charge in [0.15, 0.2) is 0 Å². The summed E-state index contributed by atoms with van der Waals surface area (Å²) in [5.41, 5.74) is 5.34. The van der Waals surface area contributed by atoms with E-state index in [1.54, 1.807) is 6.33 Å². The SMILES string of the molecule is CS(=O)(=O)N1CCC(NC(=O)c2[nH]c3cc(Cl)ccc3c2-c2c(-c3ccccc3)ncn2Cc2ccc(Cl)cc2)CC1. The first-order valence-electron chi connectivity index (χ1n) is 13.6. The average Bonchev–Trinajstić information content (AvgIpc) is 3.55. The van der Waals surface area contributed by atoms with E-state index in [2.05, 4.69) is 10.3 Å².